The number of hydrogen-bond acceptors (Lipinski definition) is 0. The SMILES string of the molecule is S.[Cu].c1ccccc1. The molecule has 0 nitrogen and oxygen atoms in total. The van der Waals surface area contributed by atoms with E-state index in [1.54, 1.807) is 0 Å². The van der Waals surface area contributed by atoms with E-state index in [2.05, 4.69) is 0 Å². The maximum absolute atomic E-state index is 2.00. The topological polar surface area (TPSA) is 0 Å². The molecule has 0 bridgehead atoms. The van der Waals surface area contributed by atoms with Gasteiger partial charge in [-0.15, -0.1) is 0 Å². The minimum Gasteiger partial charge on any atom is -0.197 e. The Labute approximate surface area is 67.2 Å². The van der Waals surface area contributed by atoms with Crippen LogP contribution in [0.5, 0.6) is 0 Å². The van der Waals surface area contributed by atoms with Crippen molar-refractivity contribution in [3.05, 3.63) is 36.4 Å². The van der Waals surface area contributed by atoms with E-state index in [-0.39, 0.29) is 30.6 Å². The van der Waals surface area contributed by atoms with Gasteiger partial charge in [-0.05, 0) is 0 Å². The van der Waals surface area contributed by atoms with Gasteiger partial charge in [0.2, 0.25) is 0 Å². The molecule has 0 saturated heterocycles. The van der Waals surface area contributed by atoms with Crippen LogP contribution in [0, 0.1) is 0 Å². The molecule has 1 radical (unpaired) electrons. The van der Waals surface area contributed by atoms with E-state index < -0.39 is 0 Å². The number of hydrogen-bond donors (Lipinski definition) is 0. The standard InChI is InChI=1S/C6H6.Cu.H2S/c1-2-4-6-5-3-1;;/h1-6H;;1H2. The Hall–Kier alpha value is 0.0895. The molecule has 0 N–H and O–H groups in total. The van der Waals surface area contributed by atoms with Gasteiger partial charge in [0.05, 0.1) is 0 Å². The van der Waals surface area contributed by atoms with Crippen LogP contribution in [0.15, 0.2) is 36.4 Å². The fourth-order valence-corrected chi connectivity index (χ4v) is 0.385. The molecule has 0 atom stereocenters. The fraction of sp³-hybridized carbons (Fsp3) is 0. The fourth-order valence-electron chi connectivity index (χ4n) is 0.385. The first-order valence-electron chi connectivity index (χ1n) is 2.00. The smallest absolute Gasteiger partial charge is 0 e. The summed E-state index contributed by atoms with van der Waals surface area (Å²) in [4.78, 5) is 0. The molecule has 0 unspecified atom stereocenters. The molecule has 0 aliphatic heterocycles. The van der Waals surface area contributed by atoms with Gasteiger partial charge in [0.15, 0.2) is 0 Å². The van der Waals surface area contributed by atoms with Crippen molar-refractivity contribution < 1.29 is 17.1 Å². The van der Waals surface area contributed by atoms with Gasteiger partial charge in [-0.1, -0.05) is 36.4 Å². The molecular formula is C6H8CuS. The Morgan fingerprint density at radius 3 is 0.750 bits per heavy atom. The normalized spacial score (nSPS) is 6.00. The molecule has 2 heteroatoms. The van der Waals surface area contributed by atoms with Crippen molar-refractivity contribution >= 4 is 13.5 Å². The van der Waals surface area contributed by atoms with Crippen LogP contribution in [-0.2, 0) is 17.1 Å². The largest absolute Gasteiger partial charge is 0.197 e. The second-order valence-corrected chi connectivity index (χ2v) is 1.15. The second-order valence-electron chi connectivity index (χ2n) is 1.15. The summed E-state index contributed by atoms with van der Waals surface area (Å²) >= 11 is 0. The van der Waals surface area contributed by atoms with Crippen LogP contribution in [0.4, 0.5) is 0 Å². The van der Waals surface area contributed by atoms with Crippen molar-refractivity contribution in [3.63, 3.8) is 0 Å². The molecule has 49 valence electrons. The first-order valence-corrected chi connectivity index (χ1v) is 2.00. The molecule has 8 heavy (non-hydrogen) atoms. The van der Waals surface area contributed by atoms with Gasteiger partial charge in [-0.2, -0.15) is 13.5 Å². The summed E-state index contributed by atoms with van der Waals surface area (Å²) in [7, 11) is 0. The van der Waals surface area contributed by atoms with E-state index in [0.29, 0.717) is 0 Å². The summed E-state index contributed by atoms with van der Waals surface area (Å²) in [6.07, 6.45) is 0. The molecule has 0 heterocycles. The van der Waals surface area contributed by atoms with Crippen molar-refractivity contribution in [1.29, 1.82) is 0 Å². The molecule has 0 aliphatic rings. The van der Waals surface area contributed by atoms with E-state index in [1.165, 1.54) is 0 Å². The van der Waals surface area contributed by atoms with Crippen molar-refractivity contribution in [2.45, 2.75) is 0 Å². The van der Waals surface area contributed by atoms with E-state index >= 15 is 0 Å². The van der Waals surface area contributed by atoms with Crippen LogP contribution in [0.1, 0.15) is 0 Å². The predicted molar refractivity (Wildman–Crippen MR) is 36.8 cm³/mol. The summed E-state index contributed by atoms with van der Waals surface area (Å²) in [5.74, 6) is 0. The van der Waals surface area contributed by atoms with Crippen molar-refractivity contribution in [3.8, 4) is 0 Å². The summed E-state index contributed by atoms with van der Waals surface area (Å²) in [6, 6.07) is 12.0. The van der Waals surface area contributed by atoms with Gasteiger partial charge >= 0.3 is 0 Å². The van der Waals surface area contributed by atoms with E-state index in [4.69, 9.17) is 0 Å². The minimum atomic E-state index is 0. The van der Waals surface area contributed by atoms with Gasteiger partial charge in [-0.25, -0.2) is 0 Å². The molecule has 0 aliphatic carbocycles. The summed E-state index contributed by atoms with van der Waals surface area (Å²) in [5.41, 5.74) is 0. The third-order valence-electron chi connectivity index (χ3n) is 0.667. The van der Waals surface area contributed by atoms with Crippen LogP contribution in [0.25, 0.3) is 0 Å². The first kappa shape index (κ1) is 11.0. The monoisotopic (exact) mass is 175 g/mol. The molecule has 1 aromatic rings. The van der Waals surface area contributed by atoms with Crippen LogP contribution in [0.3, 0.4) is 0 Å². The van der Waals surface area contributed by atoms with Gasteiger partial charge in [0, 0.05) is 17.1 Å². The molecule has 0 spiro atoms. The zero-order chi connectivity index (χ0) is 4.24. The van der Waals surface area contributed by atoms with Crippen LogP contribution >= 0.6 is 13.5 Å². The molecule has 0 amide bonds. The quantitative estimate of drug-likeness (QED) is 0.528. The van der Waals surface area contributed by atoms with Crippen molar-refractivity contribution in [2.75, 3.05) is 0 Å². The Kier molecular flexibility index (Phi) is 9.72. The summed E-state index contributed by atoms with van der Waals surface area (Å²) in [6.45, 7) is 0. The Morgan fingerprint density at radius 2 is 0.625 bits per heavy atom. The summed E-state index contributed by atoms with van der Waals surface area (Å²) < 4.78 is 0. The van der Waals surface area contributed by atoms with Gasteiger partial charge in [0.1, 0.15) is 0 Å². The van der Waals surface area contributed by atoms with Crippen LogP contribution in [-0.4, -0.2) is 0 Å². The van der Waals surface area contributed by atoms with E-state index in [0.717, 1.165) is 0 Å². The number of benzene rings is 1. The first-order chi connectivity index (χ1) is 3.00. The van der Waals surface area contributed by atoms with Crippen molar-refractivity contribution in [1.82, 2.24) is 0 Å². The maximum atomic E-state index is 2.00. The van der Waals surface area contributed by atoms with Crippen molar-refractivity contribution in [2.24, 2.45) is 0 Å². The third kappa shape index (κ3) is 4.25. The third-order valence-corrected chi connectivity index (χ3v) is 0.667. The van der Waals surface area contributed by atoms with Gasteiger partial charge < -0.3 is 0 Å². The Balaban J connectivity index is 0. The number of rotatable bonds is 0. The Morgan fingerprint density at radius 1 is 0.500 bits per heavy atom. The average Bonchev–Trinajstić information content (AvgIpc) is 1.72. The average molecular weight is 176 g/mol. The minimum absolute atomic E-state index is 0. The maximum Gasteiger partial charge on any atom is 0 e. The van der Waals surface area contributed by atoms with E-state index in [9.17, 15) is 0 Å². The molecule has 0 fully saturated rings. The van der Waals surface area contributed by atoms with Crippen LogP contribution in [0.2, 0.25) is 0 Å². The predicted octanol–water partition coefficient (Wildman–Crippen LogP) is 1.80. The van der Waals surface area contributed by atoms with Gasteiger partial charge in [-0.3, -0.25) is 0 Å². The molecule has 1 aromatic carbocycles. The molecular weight excluding hydrogens is 168 g/mol. The molecule has 0 aromatic heterocycles. The second kappa shape index (κ2) is 7.09. The zero-order valence-electron chi connectivity index (χ0n) is 4.27. The van der Waals surface area contributed by atoms with E-state index in [1.807, 2.05) is 36.4 Å². The van der Waals surface area contributed by atoms with Gasteiger partial charge in [0.25, 0.3) is 0 Å². The zero-order valence-corrected chi connectivity index (χ0v) is 6.21. The van der Waals surface area contributed by atoms with Crippen LogP contribution < -0.4 is 0 Å². The Bertz CT molecular complexity index is 80.5. The summed E-state index contributed by atoms with van der Waals surface area (Å²) in [5, 5.41) is 0. The molecule has 1 rings (SSSR count). The molecule has 0 saturated carbocycles.